The Kier molecular flexibility index (Phi) is 4.64. The highest BCUT2D eigenvalue weighted by Crippen LogP contribution is 2.39. The van der Waals surface area contributed by atoms with Crippen molar-refractivity contribution in [3.05, 3.63) is 55.1 Å². The molecule has 0 bridgehead atoms. The summed E-state index contributed by atoms with van der Waals surface area (Å²) in [6, 6.07) is 2.42. The van der Waals surface area contributed by atoms with Crippen molar-refractivity contribution in [3.8, 4) is 11.1 Å². The van der Waals surface area contributed by atoms with Gasteiger partial charge in [-0.05, 0) is 48.5 Å². The molecule has 3 aromatic rings. The number of rotatable bonds is 6. The normalized spacial score (nSPS) is 19.7. The molecular weight excluding hydrogens is 364 g/mol. The first kappa shape index (κ1) is 18.1. The van der Waals surface area contributed by atoms with Crippen molar-refractivity contribution in [1.29, 1.82) is 0 Å². The predicted molar refractivity (Wildman–Crippen MR) is 112 cm³/mol. The first-order valence-corrected chi connectivity index (χ1v) is 10.2. The molecule has 3 aromatic heterocycles. The molecule has 148 valence electrons. The number of aromatic nitrogens is 4. The Morgan fingerprint density at radius 2 is 2.28 bits per heavy atom. The van der Waals surface area contributed by atoms with Gasteiger partial charge in [0, 0.05) is 41.5 Å². The van der Waals surface area contributed by atoms with E-state index >= 15 is 0 Å². The highest BCUT2D eigenvalue weighted by molar-refractivity contribution is 6.01. The molecule has 0 aromatic carbocycles. The van der Waals surface area contributed by atoms with Gasteiger partial charge >= 0.3 is 0 Å². The zero-order valence-electron chi connectivity index (χ0n) is 16.3. The Balaban J connectivity index is 1.51. The quantitative estimate of drug-likeness (QED) is 0.638. The van der Waals surface area contributed by atoms with Crippen molar-refractivity contribution in [2.45, 2.75) is 31.7 Å². The van der Waals surface area contributed by atoms with E-state index < -0.39 is 0 Å². The molecular formula is C23H24N4O2. The lowest BCUT2D eigenvalue weighted by atomic mass is 9.82. The van der Waals surface area contributed by atoms with Gasteiger partial charge in [-0.1, -0.05) is 12.7 Å². The van der Waals surface area contributed by atoms with Crippen LogP contribution in [0.3, 0.4) is 0 Å². The van der Waals surface area contributed by atoms with Gasteiger partial charge in [0.05, 0.1) is 25.5 Å². The minimum Gasteiger partial charge on any atom is -0.377 e. The second-order valence-corrected chi connectivity index (χ2v) is 7.94. The molecule has 2 aliphatic rings. The fourth-order valence-electron chi connectivity index (χ4n) is 4.36. The summed E-state index contributed by atoms with van der Waals surface area (Å²) >= 11 is 0. The summed E-state index contributed by atoms with van der Waals surface area (Å²) < 4.78 is 7.28. The highest BCUT2D eigenvalue weighted by atomic mass is 16.5. The van der Waals surface area contributed by atoms with E-state index in [1.165, 1.54) is 17.2 Å². The molecule has 1 atom stereocenters. The van der Waals surface area contributed by atoms with Gasteiger partial charge in [-0.2, -0.15) is 5.10 Å². The topological polar surface area (TPSA) is 72.8 Å². The number of nitrogens with zero attached hydrogens (tertiary/aromatic N) is 3. The molecule has 1 fully saturated rings. The molecule has 0 spiro atoms. The van der Waals surface area contributed by atoms with Gasteiger partial charge in [-0.3, -0.25) is 9.48 Å². The highest BCUT2D eigenvalue weighted by Gasteiger charge is 2.24. The van der Waals surface area contributed by atoms with Crippen molar-refractivity contribution in [2.75, 3.05) is 13.2 Å². The molecule has 1 aliphatic heterocycles. The van der Waals surface area contributed by atoms with E-state index in [1.807, 2.05) is 23.3 Å². The predicted octanol–water partition coefficient (Wildman–Crippen LogP) is 4.33. The molecule has 0 radical (unpaired) electrons. The molecule has 6 heteroatoms. The second kappa shape index (κ2) is 7.44. The number of allylic oxidation sites excluding steroid dienone is 3. The smallest absolute Gasteiger partial charge is 0.155 e. The van der Waals surface area contributed by atoms with Crippen molar-refractivity contribution in [1.82, 2.24) is 19.7 Å². The maximum absolute atomic E-state index is 11.8. The first-order valence-electron chi connectivity index (χ1n) is 10.2. The zero-order chi connectivity index (χ0) is 19.8. The van der Waals surface area contributed by atoms with Crippen molar-refractivity contribution in [3.63, 3.8) is 0 Å². The SMILES string of the molecule is C=CC(=O)CC1CCC=C(c2ccnc3[nH]cc(-c4cnn(C5COC5)c4)c23)C1. The van der Waals surface area contributed by atoms with E-state index in [0.29, 0.717) is 18.4 Å². The number of H-pyrrole nitrogens is 1. The van der Waals surface area contributed by atoms with Gasteiger partial charge in [-0.25, -0.2) is 4.98 Å². The Bertz CT molecular complexity index is 1100. The van der Waals surface area contributed by atoms with E-state index in [4.69, 9.17) is 4.74 Å². The molecule has 1 N–H and O–H groups in total. The number of nitrogens with one attached hydrogen (secondary N) is 1. The third kappa shape index (κ3) is 3.34. The Labute approximate surface area is 169 Å². The first-order chi connectivity index (χ1) is 14.2. The van der Waals surface area contributed by atoms with Crippen LogP contribution < -0.4 is 0 Å². The van der Waals surface area contributed by atoms with E-state index in [0.717, 1.165) is 54.6 Å². The van der Waals surface area contributed by atoms with E-state index in [1.54, 1.807) is 0 Å². The van der Waals surface area contributed by atoms with Gasteiger partial charge in [0.15, 0.2) is 5.78 Å². The van der Waals surface area contributed by atoms with E-state index in [-0.39, 0.29) is 5.78 Å². The number of fused-ring (bicyclic) bond motifs is 1. The van der Waals surface area contributed by atoms with Crippen LogP contribution in [0.5, 0.6) is 0 Å². The number of pyridine rings is 1. The summed E-state index contributed by atoms with van der Waals surface area (Å²) in [6.07, 6.45) is 15.2. The minimum absolute atomic E-state index is 0.130. The van der Waals surface area contributed by atoms with Crippen LogP contribution in [0.4, 0.5) is 0 Å². The molecule has 1 saturated heterocycles. The average Bonchev–Trinajstić information content (AvgIpc) is 3.33. The summed E-state index contributed by atoms with van der Waals surface area (Å²) in [7, 11) is 0. The van der Waals surface area contributed by atoms with Gasteiger partial charge in [0.1, 0.15) is 5.65 Å². The number of hydrogen-bond acceptors (Lipinski definition) is 4. The fraction of sp³-hybridized carbons (Fsp3) is 0.348. The lowest BCUT2D eigenvalue weighted by Crippen LogP contribution is -2.30. The zero-order valence-corrected chi connectivity index (χ0v) is 16.3. The second-order valence-electron chi connectivity index (χ2n) is 7.94. The Morgan fingerprint density at radius 3 is 3.07 bits per heavy atom. The van der Waals surface area contributed by atoms with Crippen LogP contribution in [0.15, 0.2) is 49.6 Å². The monoisotopic (exact) mass is 388 g/mol. The summed E-state index contributed by atoms with van der Waals surface area (Å²) in [5.74, 6) is 0.498. The molecule has 0 saturated carbocycles. The van der Waals surface area contributed by atoms with Crippen LogP contribution in [0.25, 0.3) is 27.7 Å². The third-order valence-electron chi connectivity index (χ3n) is 6.02. The van der Waals surface area contributed by atoms with Crippen LogP contribution in [0.1, 0.15) is 37.3 Å². The van der Waals surface area contributed by atoms with Gasteiger partial charge < -0.3 is 9.72 Å². The molecule has 5 rings (SSSR count). The molecule has 1 aliphatic carbocycles. The standard InChI is InChI=1S/C23H24N4O2/c1-2-19(28)9-15-4-3-5-16(8-15)20-6-7-24-23-22(20)21(11-25-23)17-10-26-27(12-17)18-13-29-14-18/h2,5-7,10-12,15,18H,1,3-4,8-9,13-14H2,(H,24,25). The summed E-state index contributed by atoms with van der Waals surface area (Å²) in [5, 5.41) is 5.66. The maximum Gasteiger partial charge on any atom is 0.155 e. The van der Waals surface area contributed by atoms with Gasteiger partial charge in [-0.15, -0.1) is 0 Å². The van der Waals surface area contributed by atoms with E-state index in [9.17, 15) is 4.79 Å². The number of hydrogen-bond donors (Lipinski definition) is 1. The summed E-state index contributed by atoms with van der Waals surface area (Å²) in [5.41, 5.74) is 5.56. The van der Waals surface area contributed by atoms with Crippen molar-refractivity contribution < 1.29 is 9.53 Å². The number of aromatic amines is 1. The minimum atomic E-state index is 0.130. The van der Waals surface area contributed by atoms with Crippen LogP contribution in [-0.4, -0.2) is 38.7 Å². The maximum atomic E-state index is 11.8. The van der Waals surface area contributed by atoms with Crippen LogP contribution in [-0.2, 0) is 9.53 Å². The van der Waals surface area contributed by atoms with Crippen molar-refractivity contribution in [2.24, 2.45) is 5.92 Å². The lowest BCUT2D eigenvalue weighted by Gasteiger charge is -2.25. The average molecular weight is 388 g/mol. The molecule has 29 heavy (non-hydrogen) atoms. The van der Waals surface area contributed by atoms with Crippen molar-refractivity contribution >= 4 is 22.4 Å². The van der Waals surface area contributed by atoms with Crippen LogP contribution in [0.2, 0.25) is 0 Å². The Hall–Kier alpha value is -2.99. The Morgan fingerprint density at radius 1 is 1.38 bits per heavy atom. The largest absolute Gasteiger partial charge is 0.377 e. The number of carbonyl (C=O) groups is 1. The fourth-order valence-corrected chi connectivity index (χ4v) is 4.36. The molecule has 0 amide bonds. The molecule has 4 heterocycles. The van der Waals surface area contributed by atoms with Gasteiger partial charge in [0.25, 0.3) is 0 Å². The number of ether oxygens (including phenoxy) is 1. The number of ketones is 1. The van der Waals surface area contributed by atoms with Gasteiger partial charge in [0.2, 0.25) is 0 Å². The third-order valence-corrected chi connectivity index (χ3v) is 6.02. The molecule has 6 nitrogen and oxygen atoms in total. The summed E-state index contributed by atoms with van der Waals surface area (Å²) in [4.78, 5) is 19.7. The van der Waals surface area contributed by atoms with Crippen LogP contribution in [0, 0.1) is 5.92 Å². The summed E-state index contributed by atoms with van der Waals surface area (Å²) in [6.45, 7) is 5.06. The lowest BCUT2D eigenvalue weighted by molar-refractivity contribution is -0.115. The van der Waals surface area contributed by atoms with Crippen LogP contribution >= 0.6 is 0 Å². The number of carbonyl (C=O) groups excluding carboxylic acids is 1. The van der Waals surface area contributed by atoms with E-state index in [2.05, 4.69) is 40.0 Å². The molecule has 1 unspecified atom stereocenters.